The van der Waals surface area contributed by atoms with Crippen molar-refractivity contribution in [2.75, 3.05) is 19.8 Å². The predicted molar refractivity (Wildman–Crippen MR) is 65.0 cm³/mol. The summed E-state index contributed by atoms with van der Waals surface area (Å²) in [5, 5.41) is 0. The van der Waals surface area contributed by atoms with E-state index in [1.165, 1.54) is 6.20 Å². The summed E-state index contributed by atoms with van der Waals surface area (Å²) in [7, 11) is -3.44. The van der Waals surface area contributed by atoms with Crippen molar-refractivity contribution in [3.05, 3.63) is 12.0 Å². The van der Waals surface area contributed by atoms with Gasteiger partial charge in [-0.05, 0) is 20.8 Å². The third-order valence-corrected chi connectivity index (χ3v) is 3.94. The third kappa shape index (κ3) is 3.41. The lowest BCUT2D eigenvalue weighted by atomic mass is 10.6. The van der Waals surface area contributed by atoms with Gasteiger partial charge in [0.05, 0.1) is 26.0 Å². The molecule has 0 atom stereocenters. The molecule has 8 heteroatoms. The Morgan fingerprint density at radius 3 is 2.39 bits per heavy atom. The van der Waals surface area contributed by atoms with Gasteiger partial charge in [0.1, 0.15) is 5.44 Å². The highest BCUT2D eigenvalue weighted by molar-refractivity contribution is 7.61. The molecule has 1 rings (SSSR count). The maximum atomic E-state index is 12.3. The number of nitrogens with zero attached hydrogens (tertiary/aromatic N) is 1. The molecule has 0 fully saturated rings. The molecule has 0 radical (unpaired) electrons. The largest absolute Gasteiger partial charge is 0.460 e. The summed E-state index contributed by atoms with van der Waals surface area (Å²) in [6.45, 7) is 5.79. The highest BCUT2D eigenvalue weighted by Crippen LogP contribution is 2.45. The van der Waals surface area contributed by atoms with Crippen LogP contribution < -0.4 is 5.44 Å². The molecule has 102 valence electrons. The van der Waals surface area contributed by atoms with E-state index in [-0.39, 0.29) is 31.1 Å². The Labute approximate surface area is 105 Å². The lowest BCUT2D eigenvalue weighted by Gasteiger charge is -2.14. The smallest absolute Gasteiger partial charge is 0.379 e. The van der Waals surface area contributed by atoms with Crippen LogP contribution in [0.15, 0.2) is 6.20 Å². The molecule has 0 bridgehead atoms. The van der Waals surface area contributed by atoms with Crippen LogP contribution in [0.4, 0.5) is 0 Å². The zero-order chi connectivity index (χ0) is 13.6. The molecule has 1 aromatic rings. The first kappa shape index (κ1) is 14.9. The molecule has 18 heavy (non-hydrogen) atoms. The fourth-order valence-electron chi connectivity index (χ4n) is 1.27. The second-order valence-electron chi connectivity index (χ2n) is 3.17. The Morgan fingerprint density at radius 1 is 1.28 bits per heavy atom. The second kappa shape index (κ2) is 6.68. The first-order valence-electron chi connectivity index (χ1n) is 5.69. The van der Waals surface area contributed by atoms with Gasteiger partial charge in [0, 0.05) is 0 Å². The number of carbonyl (C=O) groups excluding carboxylic acids is 1. The summed E-state index contributed by atoms with van der Waals surface area (Å²) < 4.78 is 27.3. The quantitative estimate of drug-likeness (QED) is 0.599. The molecule has 0 aliphatic heterocycles. The van der Waals surface area contributed by atoms with Crippen LogP contribution in [-0.2, 0) is 18.3 Å². The average Bonchev–Trinajstić information content (AvgIpc) is 2.80. The number of rotatable bonds is 7. The van der Waals surface area contributed by atoms with Crippen molar-refractivity contribution in [2.24, 2.45) is 0 Å². The molecule has 1 N–H and O–H groups in total. The Morgan fingerprint density at radius 2 is 1.89 bits per heavy atom. The summed E-state index contributed by atoms with van der Waals surface area (Å²) in [5.74, 6) is -0.630. The number of imidazole rings is 1. The van der Waals surface area contributed by atoms with E-state index in [2.05, 4.69) is 9.97 Å². The van der Waals surface area contributed by atoms with Crippen LogP contribution >= 0.6 is 7.60 Å². The maximum Gasteiger partial charge on any atom is 0.379 e. The van der Waals surface area contributed by atoms with Crippen LogP contribution in [0.2, 0.25) is 0 Å². The second-order valence-corrected chi connectivity index (χ2v) is 5.16. The lowest BCUT2D eigenvalue weighted by molar-refractivity contribution is 0.0513. The van der Waals surface area contributed by atoms with E-state index in [4.69, 9.17) is 13.8 Å². The first-order valence-corrected chi connectivity index (χ1v) is 7.23. The van der Waals surface area contributed by atoms with Gasteiger partial charge in [-0.3, -0.25) is 4.57 Å². The number of ether oxygens (including phenoxy) is 1. The molecule has 0 amide bonds. The zero-order valence-electron chi connectivity index (χ0n) is 10.6. The van der Waals surface area contributed by atoms with Crippen LogP contribution in [-0.4, -0.2) is 35.8 Å². The van der Waals surface area contributed by atoms with Crippen molar-refractivity contribution < 1.29 is 23.1 Å². The van der Waals surface area contributed by atoms with Crippen LogP contribution in [0.25, 0.3) is 0 Å². The van der Waals surface area contributed by atoms with Crippen LogP contribution in [0.3, 0.4) is 0 Å². The van der Waals surface area contributed by atoms with E-state index in [0.29, 0.717) is 0 Å². The first-order chi connectivity index (χ1) is 8.57. The minimum Gasteiger partial charge on any atom is -0.460 e. The van der Waals surface area contributed by atoms with Gasteiger partial charge in [-0.25, -0.2) is 9.78 Å². The number of aromatic nitrogens is 2. The highest BCUT2D eigenvalue weighted by atomic mass is 31.2. The zero-order valence-corrected chi connectivity index (χ0v) is 11.5. The summed E-state index contributed by atoms with van der Waals surface area (Å²) in [5.41, 5.74) is 0.147. The van der Waals surface area contributed by atoms with Gasteiger partial charge in [0.15, 0.2) is 0 Å². The highest BCUT2D eigenvalue weighted by Gasteiger charge is 2.30. The Bertz CT molecular complexity index is 435. The molecule has 1 heterocycles. The van der Waals surface area contributed by atoms with Crippen molar-refractivity contribution in [3.8, 4) is 0 Å². The fourth-order valence-corrected chi connectivity index (χ4v) is 2.74. The van der Waals surface area contributed by atoms with E-state index in [9.17, 15) is 9.36 Å². The minimum absolute atomic E-state index is 0.0218. The third-order valence-electron chi connectivity index (χ3n) is 1.92. The molecule has 7 nitrogen and oxygen atoms in total. The molecule has 0 saturated carbocycles. The van der Waals surface area contributed by atoms with E-state index in [1.54, 1.807) is 20.8 Å². The summed E-state index contributed by atoms with van der Waals surface area (Å²) in [4.78, 5) is 17.8. The lowest BCUT2D eigenvalue weighted by Crippen LogP contribution is -2.13. The summed E-state index contributed by atoms with van der Waals surface area (Å²) in [6, 6.07) is 0. The summed E-state index contributed by atoms with van der Waals surface area (Å²) in [6.07, 6.45) is 1.26. The number of hydrogen-bond acceptors (Lipinski definition) is 6. The maximum absolute atomic E-state index is 12.3. The molecule has 0 spiro atoms. The molecule has 0 aliphatic rings. The van der Waals surface area contributed by atoms with Gasteiger partial charge in [0.25, 0.3) is 0 Å². The van der Waals surface area contributed by atoms with Crippen LogP contribution in [0, 0.1) is 0 Å². The predicted octanol–water partition coefficient (Wildman–Crippen LogP) is 1.48. The van der Waals surface area contributed by atoms with Crippen molar-refractivity contribution in [1.29, 1.82) is 0 Å². The standard InChI is InChI=1S/C10H17N2O5P/c1-4-15-10(13)9-11-7-8(12-9)18(14,16-5-2)17-6-3/h7H,4-6H2,1-3H3,(H,11,12). The van der Waals surface area contributed by atoms with Crippen molar-refractivity contribution >= 4 is 19.0 Å². The van der Waals surface area contributed by atoms with Gasteiger partial charge in [0.2, 0.25) is 5.82 Å². The van der Waals surface area contributed by atoms with Crippen molar-refractivity contribution in [3.63, 3.8) is 0 Å². The van der Waals surface area contributed by atoms with E-state index in [1.807, 2.05) is 0 Å². The normalized spacial score (nSPS) is 11.5. The van der Waals surface area contributed by atoms with Gasteiger partial charge in [-0.2, -0.15) is 0 Å². The summed E-state index contributed by atoms with van der Waals surface area (Å²) >= 11 is 0. The van der Waals surface area contributed by atoms with Gasteiger partial charge >= 0.3 is 13.6 Å². The number of carbonyl (C=O) groups is 1. The van der Waals surface area contributed by atoms with Gasteiger partial charge in [-0.15, -0.1) is 0 Å². The van der Waals surface area contributed by atoms with Gasteiger partial charge in [-0.1, -0.05) is 0 Å². The van der Waals surface area contributed by atoms with Crippen LogP contribution in [0.5, 0.6) is 0 Å². The molecule has 0 aromatic carbocycles. The fraction of sp³-hybridized carbons (Fsp3) is 0.600. The van der Waals surface area contributed by atoms with E-state index in [0.717, 1.165) is 0 Å². The molecule has 1 aromatic heterocycles. The van der Waals surface area contributed by atoms with E-state index < -0.39 is 13.6 Å². The average molecular weight is 276 g/mol. The molecular formula is C10H17N2O5P. The van der Waals surface area contributed by atoms with Crippen molar-refractivity contribution in [1.82, 2.24) is 9.97 Å². The molecule has 0 saturated heterocycles. The Hall–Kier alpha value is -1.17. The number of hydrogen-bond donors (Lipinski definition) is 1. The molecule has 0 aliphatic carbocycles. The van der Waals surface area contributed by atoms with Crippen LogP contribution in [0.1, 0.15) is 31.4 Å². The SMILES string of the molecule is CCOC(=O)c1ncc(P(=O)(OCC)OCC)[nH]1. The Kier molecular flexibility index (Phi) is 5.53. The molecule has 0 unspecified atom stereocenters. The number of esters is 1. The topological polar surface area (TPSA) is 90.5 Å². The Balaban J connectivity index is 2.94. The minimum atomic E-state index is -3.44. The number of H-pyrrole nitrogens is 1. The molecular weight excluding hydrogens is 259 g/mol. The number of aromatic amines is 1. The van der Waals surface area contributed by atoms with Gasteiger partial charge < -0.3 is 18.8 Å². The number of nitrogens with one attached hydrogen (secondary N) is 1. The van der Waals surface area contributed by atoms with Crippen molar-refractivity contribution in [2.45, 2.75) is 20.8 Å². The van der Waals surface area contributed by atoms with E-state index >= 15 is 0 Å². The monoisotopic (exact) mass is 276 g/mol.